The third-order valence-corrected chi connectivity index (χ3v) is 2.90. The molecule has 0 radical (unpaired) electrons. The molecule has 3 heteroatoms. The fraction of sp³-hybridized carbons (Fsp3) is 0.455. The second-order valence-electron chi connectivity index (χ2n) is 3.35. The topological polar surface area (TPSA) is 35.2 Å². The summed E-state index contributed by atoms with van der Waals surface area (Å²) in [4.78, 5) is 0. The van der Waals surface area contributed by atoms with Gasteiger partial charge < -0.3 is 10.5 Å². The lowest BCUT2D eigenvalue weighted by atomic mass is 10.1. The van der Waals surface area contributed by atoms with E-state index in [9.17, 15) is 0 Å². The van der Waals surface area contributed by atoms with E-state index in [1.807, 2.05) is 12.1 Å². The van der Waals surface area contributed by atoms with E-state index in [0.29, 0.717) is 6.61 Å². The first-order valence-electron chi connectivity index (χ1n) is 4.72. The Morgan fingerprint density at radius 1 is 1.43 bits per heavy atom. The zero-order valence-corrected chi connectivity index (χ0v) is 9.96. The van der Waals surface area contributed by atoms with E-state index >= 15 is 0 Å². The third-order valence-electron chi connectivity index (χ3n) is 2.12. The average Bonchev–Trinajstić information content (AvgIpc) is 2.17. The minimum atomic E-state index is 0.132. The summed E-state index contributed by atoms with van der Waals surface area (Å²) in [5.74, 6) is 0. The van der Waals surface area contributed by atoms with E-state index in [-0.39, 0.29) is 6.04 Å². The Labute approximate surface area is 93.6 Å². The number of nitrogens with two attached hydrogens (primary N) is 1. The van der Waals surface area contributed by atoms with Crippen LogP contribution in [0.2, 0.25) is 0 Å². The summed E-state index contributed by atoms with van der Waals surface area (Å²) >= 11 is 3.51. The van der Waals surface area contributed by atoms with Gasteiger partial charge >= 0.3 is 0 Å². The van der Waals surface area contributed by atoms with Crippen LogP contribution in [0.5, 0.6) is 0 Å². The fourth-order valence-electron chi connectivity index (χ4n) is 1.34. The quantitative estimate of drug-likeness (QED) is 0.879. The highest BCUT2D eigenvalue weighted by Gasteiger charge is 2.04. The van der Waals surface area contributed by atoms with E-state index in [0.717, 1.165) is 17.3 Å². The van der Waals surface area contributed by atoms with Gasteiger partial charge in [0.1, 0.15) is 0 Å². The van der Waals surface area contributed by atoms with Crippen molar-refractivity contribution in [3.05, 3.63) is 34.3 Å². The summed E-state index contributed by atoms with van der Waals surface area (Å²) in [7, 11) is 1.68. The Kier molecular flexibility index (Phi) is 5.15. The Morgan fingerprint density at radius 2 is 2.14 bits per heavy atom. The molecule has 1 aromatic carbocycles. The van der Waals surface area contributed by atoms with Gasteiger partial charge in [-0.15, -0.1) is 0 Å². The molecule has 0 saturated carbocycles. The molecule has 1 aromatic rings. The van der Waals surface area contributed by atoms with Crippen molar-refractivity contribution >= 4 is 15.9 Å². The molecule has 2 nitrogen and oxygen atoms in total. The van der Waals surface area contributed by atoms with Crippen LogP contribution < -0.4 is 5.73 Å². The van der Waals surface area contributed by atoms with Gasteiger partial charge in [-0.2, -0.15) is 0 Å². The van der Waals surface area contributed by atoms with Crippen molar-refractivity contribution in [3.8, 4) is 0 Å². The van der Waals surface area contributed by atoms with Crippen LogP contribution in [-0.4, -0.2) is 19.8 Å². The number of rotatable bonds is 5. The first-order valence-corrected chi connectivity index (χ1v) is 5.51. The van der Waals surface area contributed by atoms with Crippen molar-refractivity contribution in [2.75, 3.05) is 13.7 Å². The second kappa shape index (κ2) is 6.17. The van der Waals surface area contributed by atoms with Crippen LogP contribution in [0.25, 0.3) is 0 Å². The lowest BCUT2D eigenvalue weighted by molar-refractivity contribution is 0.177. The molecular formula is C11H16BrNO. The molecule has 0 aliphatic rings. The standard InChI is InChI=1S/C11H16BrNO/c1-14-8-10(13)7-6-9-4-2-3-5-11(9)12/h2-5,10H,6-8,13H2,1H3. The molecule has 78 valence electrons. The molecule has 0 aromatic heterocycles. The molecule has 0 bridgehead atoms. The predicted molar refractivity (Wildman–Crippen MR) is 62.3 cm³/mol. The summed E-state index contributed by atoms with van der Waals surface area (Å²) in [5.41, 5.74) is 7.15. The molecule has 1 atom stereocenters. The van der Waals surface area contributed by atoms with Crippen LogP contribution in [0.3, 0.4) is 0 Å². The number of halogens is 1. The normalized spacial score (nSPS) is 12.8. The lowest BCUT2D eigenvalue weighted by Crippen LogP contribution is -2.26. The first kappa shape index (κ1) is 11.7. The van der Waals surface area contributed by atoms with Crippen LogP contribution in [0.15, 0.2) is 28.7 Å². The Bertz CT molecular complexity index is 278. The zero-order chi connectivity index (χ0) is 10.4. The summed E-state index contributed by atoms with van der Waals surface area (Å²) in [6, 6.07) is 8.36. The van der Waals surface area contributed by atoms with Gasteiger partial charge in [0, 0.05) is 17.6 Å². The molecule has 0 saturated heterocycles. The largest absolute Gasteiger partial charge is 0.383 e. The summed E-state index contributed by atoms with van der Waals surface area (Å²) in [5, 5.41) is 0. The van der Waals surface area contributed by atoms with Crippen molar-refractivity contribution in [2.45, 2.75) is 18.9 Å². The van der Waals surface area contributed by atoms with Crippen molar-refractivity contribution in [1.82, 2.24) is 0 Å². The molecular weight excluding hydrogens is 242 g/mol. The van der Waals surface area contributed by atoms with Crippen LogP contribution in [0.1, 0.15) is 12.0 Å². The molecule has 1 unspecified atom stereocenters. The maximum Gasteiger partial charge on any atom is 0.0613 e. The second-order valence-corrected chi connectivity index (χ2v) is 4.20. The van der Waals surface area contributed by atoms with E-state index in [1.165, 1.54) is 5.56 Å². The smallest absolute Gasteiger partial charge is 0.0613 e. The molecule has 0 aliphatic carbocycles. The van der Waals surface area contributed by atoms with Crippen LogP contribution in [0, 0.1) is 0 Å². The van der Waals surface area contributed by atoms with Gasteiger partial charge in [-0.1, -0.05) is 34.1 Å². The van der Waals surface area contributed by atoms with Crippen molar-refractivity contribution in [1.29, 1.82) is 0 Å². The van der Waals surface area contributed by atoms with Crippen molar-refractivity contribution in [2.24, 2.45) is 5.73 Å². The van der Waals surface area contributed by atoms with Gasteiger partial charge in [0.25, 0.3) is 0 Å². The molecule has 0 spiro atoms. The van der Waals surface area contributed by atoms with Gasteiger partial charge in [0.15, 0.2) is 0 Å². The van der Waals surface area contributed by atoms with E-state index < -0.39 is 0 Å². The molecule has 0 aliphatic heterocycles. The highest BCUT2D eigenvalue weighted by atomic mass is 79.9. The minimum Gasteiger partial charge on any atom is -0.383 e. The van der Waals surface area contributed by atoms with E-state index in [4.69, 9.17) is 10.5 Å². The summed E-state index contributed by atoms with van der Waals surface area (Å²) in [6.07, 6.45) is 1.95. The van der Waals surface area contributed by atoms with Gasteiger partial charge in [0.05, 0.1) is 6.61 Å². The van der Waals surface area contributed by atoms with Gasteiger partial charge in [0.2, 0.25) is 0 Å². The SMILES string of the molecule is COCC(N)CCc1ccccc1Br. The maximum absolute atomic E-state index is 5.84. The third kappa shape index (κ3) is 3.78. The van der Waals surface area contributed by atoms with Crippen LogP contribution >= 0.6 is 15.9 Å². The highest BCUT2D eigenvalue weighted by Crippen LogP contribution is 2.17. The van der Waals surface area contributed by atoms with Crippen LogP contribution in [-0.2, 0) is 11.2 Å². The van der Waals surface area contributed by atoms with Gasteiger partial charge in [-0.25, -0.2) is 0 Å². The first-order chi connectivity index (χ1) is 6.74. The number of hydrogen-bond acceptors (Lipinski definition) is 2. The maximum atomic E-state index is 5.84. The van der Waals surface area contributed by atoms with Crippen molar-refractivity contribution < 1.29 is 4.74 Å². The number of benzene rings is 1. The molecule has 0 fully saturated rings. The Hall–Kier alpha value is -0.380. The molecule has 2 N–H and O–H groups in total. The molecule has 1 rings (SSSR count). The van der Waals surface area contributed by atoms with Gasteiger partial charge in [-0.3, -0.25) is 0 Å². The van der Waals surface area contributed by atoms with Crippen LogP contribution in [0.4, 0.5) is 0 Å². The average molecular weight is 258 g/mol. The van der Waals surface area contributed by atoms with E-state index in [2.05, 4.69) is 28.1 Å². The van der Waals surface area contributed by atoms with E-state index in [1.54, 1.807) is 7.11 Å². The highest BCUT2D eigenvalue weighted by molar-refractivity contribution is 9.10. The Morgan fingerprint density at radius 3 is 2.79 bits per heavy atom. The number of methoxy groups -OCH3 is 1. The fourth-order valence-corrected chi connectivity index (χ4v) is 1.82. The van der Waals surface area contributed by atoms with Crippen molar-refractivity contribution in [3.63, 3.8) is 0 Å². The summed E-state index contributed by atoms with van der Waals surface area (Å²) in [6.45, 7) is 0.629. The Balaban J connectivity index is 2.41. The molecule has 14 heavy (non-hydrogen) atoms. The lowest BCUT2D eigenvalue weighted by Gasteiger charge is -2.10. The number of ether oxygens (including phenoxy) is 1. The monoisotopic (exact) mass is 257 g/mol. The number of aryl methyl sites for hydroxylation is 1. The summed E-state index contributed by atoms with van der Waals surface area (Å²) < 4.78 is 6.14. The van der Waals surface area contributed by atoms with Gasteiger partial charge in [-0.05, 0) is 24.5 Å². The molecule has 0 heterocycles. The number of hydrogen-bond donors (Lipinski definition) is 1. The zero-order valence-electron chi connectivity index (χ0n) is 8.37. The molecule has 0 amide bonds. The predicted octanol–water partition coefficient (Wildman–Crippen LogP) is 2.36. The minimum absolute atomic E-state index is 0.132.